The first-order chi connectivity index (χ1) is 16.0. The maximum Gasteiger partial charge on any atom is 0.289 e. The number of nitrogens with zero attached hydrogens (tertiary/aromatic N) is 4. The van der Waals surface area contributed by atoms with Crippen molar-refractivity contribution in [2.45, 2.75) is 32.7 Å². The second-order valence-corrected chi connectivity index (χ2v) is 8.55. The number of hydrogen-bond donors (Lipinski definition) is 0. The fourth-order valence-electron chi connectivity index (χ4n) is 4.20. The maximum atomic E-state index is 14.4. The van der Waals surface area contributed by atoms with E-state index in [1.807, 2.05) is 0 Å². The Labute approximate surface area is 190 Å². The van der Waals surface area contributed by atoms with Gasteiger partial charge in [0.2, 0.25) is 11.8 Å². The Morgan fingerprint density at radius 1 is 1.15 bits per heavy atom. The van der Waals surface area contributed by atoms with Crippen molar-refractivity contribution >= 4 is 11.9 Å². The smallest absolute Gasteiger partial charge is 0.289 e. The molecule has 1 aromatic carbocycles. The van der Waals surface area contributed by atoms with E-state index in [1.54, 1.807) is 17.0 Å². The molecule has 1 fully saturated rings. The molecule has 0 atom stereocenters. The van der Waals surface area contributed by atoms with Gasteiger partial charge in [-0.05, 0) is 43.0 Å². The molecule has 1 saturated heterocycles. The average Bonchev–Trinajstić information content (AvgIpc) is 3.35. The number of furan rings is 1. The summed E-state index contributed by atoms with van der Waals surface area (Å²) >= 11 is 0. The van der Waals surface area contributed by atoms with Gasteiger partial charge in [-0.25, -0.2) is 13.8 Å². The van der Waals surface area contributed by atoms with E-state index in [9.17, 15) is 13.6 Å². The van der Waals surface area contributed by atoms with E-state index in [4.69, 9.17) is 14.1 Å². The second kappa shape index (κ2) is 8.80. The van der Waals surface area contributed by atoms with Gasteiger partial charge in [-0.3, -0.25) is 4.79 Å². The number of ether oxygens (including phenoxy) is 1. The van der Waals surface area contributed by atoms with E-state index in [0.29, 0.717) is 30.4 Å². The number of hydrogen-bond acceptors (Lipinski definition) is 6. The van der Waals surface area contributed by atoms with Gasteiger partial charge >= 0.3 is 0 Å². The molecule has 0 spiro atoms. The minimum atomic E-state index is -0.824. The van der Waals surface area contributed by atoms with Gasteiger partial charge < -0.3 is 19.0 Å². The number of carbonyl (C=O) groups excluding carboxylic acids is 1. The molecule has 172 valence electrons. The molecule has 7 nitrogen and oxygen atoms in total. The van der Waals surface area contributed by atoms with Crippen LogP contribution in [-0.2, 0) is 13.0 Å². The van der Waals surface area contributed by atoms with Crippen LogP contribution in [-0.4, -0.2) is 40.4 Å². The lowest BCUT2D eigenvalue weighted by atomic mass is 9.99. The fraction of sp³-hybridized carbons (Fsp3) is 0.375. The average molecular weight is 454 g/mol. The molecular weight excluding hydrogens is 430 g/mol. The third-order valence-electron chi connectivity index (χ3n) is 6.20. The predicted octanol–water partition coefficient (Wildman–Crippen LogP) is 4.57. The van der Waals surface area contributed by atoms with Crippen LogP contribution in [0.3, 0.4) is 0 Å². The highest BCUT2D eigenvalue weighted by atomic mass is 19.1. The number of piperidine rings is 1. The number of fused-ring (bicyclic) bond motifs is 1. The first-order valence-corrected chi connectivity index (χ1v) is 11.1. The van der Waals surface area contributed by atoms with Gasteiger partial charge in [-0.15, -0.1) is 0 Å². The topological polar surface area (TPSA) is 71.7 Å². The number of rotatable bonds is 4. The first kappa shape index (κ1) is 21.4. The van der Waals surface area contributed by atoms with Crippen molar-refractivity contribution < 1.29 is 22.7 Å². The van der Waals surface area contributed by atoms with E-state index in [-0.39, 0.29) is 29.8 Å². The van der Waals surface area contributed by atoms with Crippen molar-refractivity contribution in [2.75, 3.05) is 24.5 Å². The van der Waals surface area contributed by atoms with Gasteiger partial charge in [-0.2, -0.15) is 4.98 Å². The monoisotopic (exact) mass is 454 g/mol. The van der Waals surface area contributed by atoms with Gasteiger partial charge in [0.25, 0.3) is 5.91 Å². The number of halogens is 2. The Kier molecular flexibility index (Phi) is 5.70. The molecule has 2 aliphatic rings. The number of benzene rings is 1. The number of carbonyl (C=O) groups is 1. The van der Waals surface area contributed by atoms with Crippen molar-refractivity contribution in [3.05, 3.63) is 65.2 Å². The number of amides is 1. The van der Waals surface area contributed by atoms with Crippen molar-refractivity contribution in [1.82, 2.24) is 14.9 Å². The molecule has 4 heterocycles. The second-order valence-electron chi connectivity index (χ2n) is 8.55. The fourth-order valence-corrected chi connectivity index (χ4v) is 4.20. The number of anilines is 1. The van der Waals surface area contributed by atoms with E-state index < -0.39 is 11.6 Å². The normalized spacial score (nSPS) is 16.6. The molecule has 0 radical (unpaired) electrons. The third kappa shape index (κ3) is 4.40. The lowest BCUT2D eigenvalue weighted by Gasteiger charge is -2.33. The zero-order valence-electron chi connectivity index (χ0n) is 18.3. The third-order valence-corrected chi connectivity index (χ3v) is 6.20. The number of aromatic nitrogens is 2. The highest BCUT2D eigenvalue weighted by molar-refractivity contribution is 5.91. The summed E-state index contributed by atoms with van der Waals surface area (Å²) in [6.45, 7) is 4.54. The van der Waals surface area contributed by atoms with Crippen LogP contribution in [0.5, 0.6) is 11.6 Å². The highest BCUT2D eigenvalue weighted by Gasteiger charge is 2.30. The maximum absolute atomic E-state index is 14.4. The predicted molar refractivity (Wildman–Crippen MR) is 116 cm³/mol. The van der Waals surface area contributed by atoms with Crippen LogP contribution >= 0.6 is 0 Å². The summed E-state index contributed by atoms with van der Waals surface area (Å²) in [7, 11) is 0. The van der Waals surface area contributed by atoms with E-state index in [2.05, 4.69) is 16.8 Å². The zero-order chi connectivity index (χ0) is 22.9. The van der Waals surface area contributed by atoms with E-state index in [0.717, 1.165) is 43.8 Å². The van der Waals surface area contributed by atoms with Gasteiger partial charge in [0.05, 0.1) is 24.1 Å². The minimum absolute atomic E-state index is 0.134. The van der Waals surface area contributed by atoms with Crippen LogP contribution in [0.1, 0.15) is 41.6 Å². The molecule has 2 aliphatic heterocycles. The molecule has 0 saturated carbocycles. The molecular formula is C24H24F2N4O3. The Morgan fingerprint density at radius 3 is 2.70 bits per heavy atom. The molecule has 0 unspecified atom stereocenters. The van der Waals surface area contributed by atoms with Crippen molar-refractivity contribution in [3.63, 3.8) is 0 Å². The summed E-state index contributed by atoms with van der Waals surface area (Å²) < 4.78 is 38.9. The summed E-state index contributed by atoms with van der Waals surface area (Å²) in [5.41, 5.74) is 1.37. The van der Waals surface area contributed by atoms with Gasteiger partial charge in [0.15, 0.2) is 17.3 Å². The molecule has 0 N–H and O–H groups in total. The molecule has 1 amide bonds. The van der Waals surface area contributed by atoms with E-state index in [1.165, 1.54) is 12.3 Å². The van der Waals surface area contributed by atoms with Crippen LogP contribution in [0.2, 0.25) is 0 Å². The van der Waals surface area contributed by atoms with Gasteiger partial charge in [0, 0.05) is 32.1 Å². The summed E-state index contributed by atoms with van der Waals surface area (Å²) in [6, 6.07) is 6.40. The van der Waals surface area contributed by atoms with Crippen LogP contribution in [0.25, 0.3) is 0 Å². The molecule has 0 bridgehead atoms. The minimum Gasteiger partial charge on any atom is -0.459 e. The Hall–Kier alpha value is -3.49. The zero-order valence-corrected chi connectivity index (χ0v) is 18.3. The van der Waals surface area contributed by atoms with Crippen molar-refractivity contribution in [2.24, 2.45) is 5.92 Å². The first-order valence-electron chi connectivity index (χ1n) is 11.1. The lowest BCUT2D eigenvalue weighted by molar-refractivity contribution is 0.0699. The highest BCUT2D eigenvalue weighted by Crippen LogP contribution is 2.34. The van der Waals surface area contributed by atoms with Crippen LogP contribution in [0, 0.1) is 17.6 Å². The Balaban J connectivity index is 1.50. The SMILES string of the molecule is CC1CCN(c2nc3c(c(Oc4ccc(F)cc4F)n2)CN(C(=O)c2ccco2)CC3)CC1. The summed E-state index contributed by atoms with van der Waals surface area (Å²) in [5, 5.41) is 0. The summed E-state index contributed by atoms with van der Waals surface area (Å²) in [5.74, 6) is -0.309. The molecule has 9 heteroatoms. The quantitative estimate of drug-likeness (QED) is 0.575. The van der Waals surface area contributed by atoms with E-state index >= 15 is 0 Å². The van der Waals surface area contributed by atoms with Crippen LogP contribution < -0.4 is 9.64 Å². The molecule has 33 heavy (non-hydrogen) atoms. The van der Waals surface area contributed by atoms with Gasteiger partial charge in [0.1, 0.15) is 5.82 Å². The Morgan fingerprint density at radius 2 is 1.97 bits per heavy atom. The molecule has 2 aromatic heterocycles. The molecule has 3 aromatic rings. The molecule has 0 aliphatic carbocycles. The lowest BCUT2D eigenvalue weighted by Crippen LogP contribution is -2.38. The van der Waals surface area contributed by atoms with Crippen LogP contribution in [0.4, 0.5) is 14.7 Å². The molecule has 5 rings (SSSR count). The van der Waals surface area contributed by atoms with Gasteiger partial charge in [-0.1, -0.05) is 6.92 Å². The Bertz CT molecular complexity index is 1160. The van der Waals surface area contributed by atoms with Crippen molar-refractivity contribution in [3.8, 4) is 11.6 Å². The van der Waals surface area contributed by atoms with Crippen LogP contribution in [0.15, 0.2) is 41.0 Å². The largest absolute Gasteiger partial charge is 0.459 e. The summed E-state index contributed by atoms with van der Waals surface area (Å²) in [6.07, 6.45) is 4.03. The van der Waals surface area contributed by atoms with Crippen molar-refractivity contribution in [1.29, 1.82) is 0 Å². The summed E-state index contributed by atoms with van der Waals surface area (Å²) in [4.78, 5) is 25.9. The standard InChI is InChI=1S/C24H24F2N4O3/c1-15-6-9-29(10-7-15)24-27-19-8-11-30(23(31)21-3-2-12-32-21)14-17(19)22(28-24)33-20-5-4-16(25)13-18(20)26/h2-5,12-13,15H,6-11,14H2,1H3.